The lowest BCUT2D eigenvalue weighted by Crippen LogP contribution is -2.23. The molecule has 1 rings (SSSR count). The lowest BCUT2D eigenvalue weighted by molar-refractivity contribution is -0.108. The Bertz CT molecular complexity index is 341. The number of likely N-dealkylation sites (N-methyl/N-ethyl adjacent to an activating group) is 1. The van der Waals surface area contributed by atoms with E-state index in [-0.39, 0.29) is 0 Å². The van der Waals surface area contributed by atoms with Crippen molar-refractivity contribution in [2.45, 2.75) is 6.42 Å². The minimum Gasteiger partial charge on any atom is -0.302 e. The Morgan fingerprint density at radius 1 is 1.40 bits per heavy atom. The van der Waals surface area contributed by atoms with Gasteiger partial charge in [0.15, 0.2) is 0 Å². The van der Waals surface area contributed by atoms with E-state index in [1.165, 1.54) is 0 Å². The first kappa shape index (κ1) is 12.5. The predicted molar refractivity (Wildman–Crippen MR) is 63.7 cm³/mol. The maximum absolute atomic E-state index is 10.3. The van der Waals surface area contributed by atoms with E-state index in [1.807, 2.05) is 24.1 Å². The maximum atomic E-state index is 10.3. The third kappa shape index (κ3) is 4.20. The van der Waals surface area contributed by atoms with E-state index in [4.69, 9.17) is 23.2 Å². The number of hydrogen-bond acceptors (Lipinski definition) is 2. The fraction of sp³-hybridized carbons (Fsp3) is 0.364. The molecule has 1 aromatic carbocycles. The Kier molecular flexibility index (Phi) is 5.09. The van der Waals surface area contributed by atoms with Gasteiger partial charge < -0.3 is 4.79 Å². The molecule has 0 aliphatic rings. The Hall–Kier alpha value is -0.570. The summed E-state index contributed by atoms with van der Waals surface area (Å²) in [5.74, 6) is 0. The smallest absolute Gasteiger partial charge is 0.133 e. The summed E-state index contributed by atoms with van der Waals surface area (Å²) >= 11 is 11.8. The van der Waals surface area contributed by atoms with Crippen molar-refractivity contribution in [3.63, 3.8) is 0 Å². The van der Waals surface area contributed by atoms with Crippen LogP contribution in [0.3, 0.4) is 0 Å². The summed E-state index contributed by atoms with van der Waals surface area (Å²) in [5, 5.41) is 1.33. The van der Waals surface area contributed by atoms with Crippen LogP contribution in [-0.4, -0.2) is 31.3 Å². The molecule has 0 bridgehead atoms. The Balaban J connectivity index is 2.54. The van der Waals surface area contributed by atoms with Crippen molar-refractivity contribution in [1.29, 1.82) is 0 Å². The zero-order valence-corrected chi connectivity index (χ0v) is 10.1. The average Bonchev–Trinajstić information content (AvgIpc) is 2.17. The number of carbonyl (C=O) groups is 1. The summed E-state index contributed by atoms with van der Waals surface area (Å²) in [4.78, 5) is 12.2. The predicted octanol–water partition coefficient (Wildman–Crippen LogP) is 2.67. The molecule has 0 N–H and O–H groups in total. The number of aldehydes is 1. The van der Waals surface area contributed by atoms with Crippen LogP contribution >= 0.6 is 23.2 Å². The van der Waals surface area contributed by atoms with Gasteiger partial charge in [0.05, 0.1) is 6.54 Å². The Morgan fingerprint density at radius 2 is 2.13 bits per heavy atom. The summed E-state index contributed by atoms with van der Waals surface area (Å²) in [6.45, 7) is 1.26. The first-order chi connectivity index (χ1) is 7.13. The highest BCUT2D eigenvalue weighted by Crippen LogP contribution is 2.21. The van der Waals surface area contributed by atoms with Gasteiger partial charge in [-0.3, -0.25) is 4.90 Å². The zero-order chi connectivity index (χ0) is 11.3. The Morgan fingerprint density at radius 3 is 2.73 bits per heavy atom. The molecule has 0 spiro atoms. The molecule has 0 unspecified atom stereocenters. The van der Waals surface area contributed by atoms with Gasteiger partial charge in [0.1, 0.15) is 6.29 Å². The highest BCUT2D eigenvalue weighted by Gasteiger charge is 2.03. The van der Waals surface area contributed by atoms with E-state index < -0.39 is 0 Å². The summed E-state index contributed by atoms with van der Waals surface area (Å²) in [7, 11) is 1.90. The van der Waals surface area contributed by atoms with Gasteiger partial charge in [-0.25, -0.2) is 0 Å². The zero-order valence-electron chi connectivity index (χ0n) is 8.54. The molecule has 4 heteroatoms. The molecule has 0 aromatic heterocycles. The molecule has 15 heavy (non-hydrogen) atoms. The molecule has 0 aliphatic carbocycles. The number of halogens is 2. The van der Waals surface area contributed by atoms with Crippen LogP contribution in [0, 0.1) is 0 Å². The van der Waals surface area contributed by atoms with E-state index in [0.29, 0.717) is 16.6 Å². The molecule has 0 saturated carbocycles. The lowest BCUT2D eigenvalue weighted by atomic mass is 10.1. The van der Waals surface area contributed by atoms with Crippen LogP contribution < -0.4 is 0 Å². The molecular weight excluding hydrogens is 233 g/mol. The quantitative estimate of drug-likeness (QED) is 0.744. The molecule has 0 aliphatic heterocycles. The molecular formula is C11H13Cl2NO. The molecule has 0 saturated heterocycles. The first-order valence-corrected chi connectivity index (χ1v) is 5.45. The lowest BCUT2D eigenvalue weighted by Gasteiger charge is -2.13. The van der Waals surface area contributed by atoms with Crippen LogP contribution in [-0.2, 0) is 11.2 Å². The monoisotopic (exact) mass is 245 g/mol. The summed E-state index contributed by atoms with van der Waals surface area (Å²) in [5.41, 5.74) is 1.05. The van der Waals surface area contributed by atoms with Gasteiger partial charge in [-0.15, -0.1) is 0 Å². The van der Waals surface area contributed by atoms with Crippen LogP contribution in [0.5, 0.6) is 0 Å². The number of rotatable bonds is 5. The second-order valence-electron chi connectivity index (χ2n) is 3.41. The topological polar surface area (TPSA) is 20.3 Å². The van der Waals surface area contributed by atoms with Crippen LogP contribution in [0.2, 0.25) is 10.0 Å². The molecule has 2 nitrogen and oxygen atoms in total. The highest BCUT2D eigenvalue weighted by molar-refractivity contribution is 6.35. The van der Waals surface area contributed by atoms with E-state index in [0.717, 1.165) is 24.8 Å². The number of hydrogen-bond donors (Lipinski definition) is 0. The van der Waals surface area contributed by atoms with Gasteiger partial charge >= 0.3 is 0 Å². The van der Waals surface area contributed by atoms with Crippen LogP contribution in [0.15, 0.2) is 18.2 Å². The van der Waals surface area contributed by atoms with Crippen molar-refractivity contribution >= 4 is 29.5 Å². The minimum absolute atomic E-state index is 0.450. The largest absolute Gasteiger partial charge is 0.302 e. The summed E-state index contributed by atoms with van der Waals surface area (Å²) in [6, 6.07) is 5.47. The van der Waals surface area contributed by atoms with Crippen molar-refractivity contribution in [1.82, 2.24) is 4.90 Å². The first-order valence-electron chi connectivity index (χ1n) is 4.69. The third-order valence-corrected chi connectivity index (χ3v) is 2.75. The SMILES string of the molecule is CN(CC=O)CCc1ccc(Cl)cc1Cl. The van der Waals surface area contributed by atoms with Gasteiger partial charge in [0.25, 0.3) is 0 Å². The maximum Gasteiger partial charge on any atom is 0.133 e. The highest BCUT2D eigenvalue weighted by atomic mass is 35.5. The van der Waals surface area contributed by atoms with Crippen LogP contribution in [0.4, 0.5) is 0 Å². The van der Waals surface area contributed by atoms with Crippen LogP contribution in [0.25, 0.3) is 0 Å². The summed E-state index contributed by atoms with van der Waals surface area (Å²) < 4.78 is 0. The second kappa shape index (κ2) is 6.11. The van der Waals surface area contributed by atoms with Crippen molar-refractivity contribution in [3.8, 4) is 0 Å². The third-order valence-electron chi connectivity index (χ3n) is 2.16. The van der Waals surface area contributed by atoms with E-state index in [1.54, 1.807) is 6.07 Å². The fourth-order valence-corrected chi connectivity index (χ4v) is 1.76. The van der Waals surface area contributed by atoms with Crippen LogP contribution in [0.1, 0.15) is 5.56 Å². The summed E-state index contributed by atoms with van der Waals surface area (Å²) in [6.07, 6.45) is 1.71. The number of carbonyl (C=O) groups excluding carboxylic acids is 1. The standard InChI is InChI=1S/C11H13Cl2NO/c1-14(6-7-15)5-4-9-2-3-10(12)8-11(9)13/h2-3,7-8H,4-6H2,1H3. The van der Waals surface area contributed by atoms with Gasteiger partial charge in [-0.1, -0.05) is 29.3 Å². The average molecular weight is 246 g/mol. The molecule has 82 valence electrons. The van der Waals surface area contributed by atoms with Gasteiger partial charge in [0.2, 0.25) is 0 Å². The van der Waals surface area contributed by atoms with E-state index in [9.17, 15) is 4.79 Å². The van der Waals surface area contributed by atoms with Gasteiger partial charge in [-0.2, -0.15) is 0 Å². The molecule has 0 fully saturated rings. The number of benzene rings is 1. The molecule has 0 heterocycles. The normalized spacial score (nSPS) is 10.7. The fourth-order valence-electron chi connectivity index (χ4n) is 1.25. The molecule has 0 radical (unpaired) electrons. The van der Waals surface area contributed by atoms with Gasteiger partial charge in [-0.05, 0) is 31.2 Å². The van der Waals surface area contributed by atoms with Crippen molar-refractivity contribution in [2.24, 2.45) is 0 Å². The van der Waals surface area contributed by atoms with Crippen molar-refractivity contribution < 1.29 is 4.79 Å². The van der Waals surface area contributed by atoms with Gasteiger partial charge in [0, 0.05) is 16.6 Å². The molecule has 0 amide bonds. The van der Waals surface area contributed by atoms with E-state index in [2.05, 4.69) is 0 Å². The van der Waals surface area contributed by atoms with Crippen molar-refractivity contribution in [2.75, 3.05) is 20.1 Å². The molecule has 1 aromatic rings. The van der Waals surface area contributed by atoms with E-state index >= 15 is 0 Å². The number of nitrogens with zero attached hydrogens (tertiary/aromatic N) is 1. The Labute approximate surface area is 99.8 Å². The minimum atomic E-state index is 0.450. The second-order valence-corrected chi connectivity index (χ2v) is 4.26. The van der Waals surface area contributed by atoms with Crippen molar-refractivity contribution in [3.05, 3.63) is 33.8 Å². The molecule has 0 atom stereocenters.